The Bertz CT molecular complexity index is 932. The summed E-state index contributed by atoms with van der Waals surface area (Å²) in [6, 6.07) is 7.88. The van der Waals surface area contributed by atoms with E-state index >= 15 is 0 Å². The van der Waals surface area contributed by atoms with Crippen LogP contribution < -0.4 is 0 Å². The molecular formula is C22H26F3N3O4. The number of furan rings is 1. The van der Waals surface area contributed by atoms with Gasteiger partial charge >= 0.3 is 12.1 Å². The number of aryl methyl sites for hydroxylation is 1. The summed E-state index contributed by atoms with van der Waals surface area (Å²) in [5, 5.41) is 7.12. The van der Waals surface area contributed by atoms with Gasteiger partial charge in [-0.2, -0.15) is 13.2 Å². The van der Waals surface area contributed by atoms with Crippen LogP contribution in [0.3, 0.4) is 0 Å². The summed E-state index contributed by atoms with van der Waals surface area (Å²) in [5.41, 5.74) is 2.07. The molecule has 2 saturated heterocycles. The highest BCUT2D eigenvalue weighted by molar-refractivity contribution is 5.95. The van der Waals surface area contributed by atoms with Crippen molar-refractivity contribution in [1.29, 1.82) is 0 Å². The van der Waals surface area contributed by atoms with E-state index in [0.717, 1.165) is 44.8 Å². The molecule has 1 atom stereocenters. The van der Waals surface area contributed by atoms with Crippen LogP contribution in [0.5, 0.6) is 0 Å². The summed E-state index contributed by atoms with van der Waals surface area (Å²) < 4.78 is 37.0. The van der Waals surface area contributed by atoms with E-state index in [1.807, 2.05) is 30.2 Å². The fraction of sp³-hybridized carbons (Fsp3) is 0.500. The Morgan fingerprint density at radius 3 is 2.53 bits per heavy atom. The quantitative estimate of drug-likeness (QED) is 0.762. The van der Waals surface area contributed by atoms with Crippen LogP contribution in [0.1, 0.15) is 41.1 Å². The van der Waals surface area contributed by atoms with Gasteiger partial charge in [-0.05, 0) is 50.9 Å². The molecule has 174 valence electrons. The van der Waals surface area contributed by atoms with Gasteiger partial charge in [-0.3, -0.25) is 14.7 Å². The zero-order chi connectivity index (χ0) is 23.4. The first kappa shape index (κ1) is 23.8. The molecule has 32 heavy (non-hydrogen) atoms. The summed E-state index contributed by atoms with van der Waals surface area (Å²) in [4.78, 5) is 30.6. The highest BCUT2D eigenvalue weighted by atomic mass is 19.4. The fourth-order valence-corrected chi connectivity index (χ4v) is 4.38. The van der Waals surface area contributed by atoms with Crippen molar-refractivity contribution in [2.24, 2.45) is 5.41 Å². The number of nitrogens with zero attached hydrogens (tertiary/aromatic N) is 3. The molecule has 2 fully saturated rings. The van der Waals surface area contributed by atoms with Crippen molar-refractivity contribution in [3.05, 3.63) is 53.7 Å². The fourth-order valence-electron chi connectivity index (χ4n) is 4.38. The summed E-state index contributed by atoms with van der Waals surface area (Å²) in [5.74, 6) is -1.93. The van der Waals surface area contributed by atoms with Crippen molar-refractivity contribution < 1.29 is 32.3 Å². The van der Waals surface area contributed by atoms with Gasteiger partial charge in [0, 0.05) is 37.8 Å². The van der Waals surface area contributed by atoms with Crippen molar-refractivity contribution in [3.8, 4) is 0 Å². The number of alkyl halides is 3. The van der Waals surface area contributed by atoms with Crippen LogP contribution >= 0.6 is 0 Å². The molecule has 7 nitrogen and oxygen atoms in total. The SMILES string of the molecule is Cc1occc1C(=O)N1CCC2(CCCN(Cc3ccccn3)C2)C1.O=C(O)C(F)(F)F. The number of aliphatic carboxylic acids is 1. The second kappa shape index (κ2) is 9.72. The van der Waals surface area contributed by atoms with Crippen LogP contribution in [-0.4, -0.2) is 64.1 Å². The minimum atomic E-state index is -5.08. The Balaban J connectivity index is 0.000000360. The second-order valence-corrected chi connectivity index (χ2v) is 8.31. The molecule has 1 amide bonds. The number of amides is 1. The molecule has 2 aromatic heterocycles. The number of aromatic nitrogens is 1. The predicted molar refractivity (Wildman–Crippen MR) is 109 cm³/mol. The number of halogens is 3. The Morgan fingerprint density at radius 2 is 1.94 bits per heavy atom. The Kier molecular flexibility index (Phi) is 7.22. The standard InChI is InChI=1S/C20H25N3O2.C2HF3O2/c1-16-18(6-12-25-16)19(24)23-11-8-20(15-23)7-4-10-22(14-20)13-17-5-2-3-9-21-17;3-2(4,5)1(6)7/h2-3,5-6,9,12H,4,7-8,10-11,13-15H2,1H3;(H,6,7). The van der Waals surface area contributed by atoms with Gasteiger partial charge < -0.3 is 14.4 Å². The lowest BCUT2D eigenvalue weighted by molar-refractivity contribution is -0.192. The van der Waals surface area contributed by atoms with Gasteiger partial charge in [0.2, 0.25) is 0 Å². The van der Waals surface area contributed by atoms with Crippen molar-refractivity contribution in [2.45, 2.75) is 38.9 Å². The molecule has 0 saturated carbocycles. The highest BCUT2D eigenvalue weighted by Gasteiger charge is 2.43. The minimum Gasteiger partial charge on any atom is -0.475 e. The molecule has 4 rings (SSSR count). The average molecular weight is 453 g/mol. The molecule has 1 spiro atoms. The number of carboxylic acid groups (broad SMARTS) is 1. The smallest absolute Gasteiger partial charge is 0.475 e. The lowest BCUT2D eigenvalue weighted by atomic mass is 9.79. The second-order valence-electron chi connectivity index (χ2n) is 8.31. The number of hydrogen-bond acceptors (Lipinski definition) is 5. The number of pyridine rings is 1. The number of carbonyl (C=O) groups is 2. The van der Waals surface area contributed by atoms with Gasteiger partial charge in [0.05, 0.1) is 17.5 Å². The molecule has 2 aliphatic rings. The molecule has 4 heterocycles. The Morgan fingerprint density at radius 1 is 1.19 bits per heavy atom. The summed E-state index contributed by atoms with van der Waals surface area (Å²) >= 11 is 0. The van der Waals surface area contributed by atoms with Crippen LogP contribution in [0.15, 0.2) is 41.1 Å². The predicted octanol–water partition coefficient (Wildman–Crippen LogP) is 3.74. The first-order valence-corrected chi connectivity index (χ1v) is 10.4. The van der Waals surface area contributed by atoms with Crippen molar-refractivity contribution >= 4 is 11.9 Å². The summed E-state index contributed by atoms with van der Waals surface area (Å²) in [7, 11) is 0. The van der Waals surface area contributed by atoms with E-state index < -0.39 is 12.1 Å². The van der Waals surface area contributed by atoms with Gasteiger partial charge in [0.1, 0.15) is 5.76 Å². The van der Waals surface area contributed by atoms with Gasteiger partial charge in [0.15, 0.2) is 0 Å². The third-order valence-corrected chi connectivity index (χ3v) is 5.91. The highest BCUT2D eigenvalue weighted by Crippen LogP contribution is 2.39. The van der Waals surface area contributed by atoms with Gasteiger partial charge in [0.25, 0.3) is 5.91 Å². The number of hydrogen-bond donors (Lipinski definition) is 1. The van der Waals surface area contributed by atoms with Crippen LogP contribution in [0.25, 0.3) is 0 Å². The lowest BCUT2D eigenvalue weighted by Gasteiger charge is -2.40. The molecule has 0 aliphatic carbocycles. The van der Waals surface area contributed by atoms with Gasteiger partial charge in [-0.15, -0.1) is 0 Å². The zero-order valence-corrected chi connectivity index (χ0v) is 17.8. The maximum atomic E-state index is 12.8. The average Bonchev–Trinajstić information content (AvgIpc) is 3.35. The number of likely N-dealkylation sites (tertiary alicyclic amines) is 2. The number of carboxylic acids is 1. The van der Waals surface area contributed by atoms with Gasteiger partial charge in [-0.1, -0.05) is 6.07 Å². The van der Waals surface area contributed by atoms with E-state index in [1.165, 1.54) is 12.8 Å². The first-order chi connectivity index (χ1) is 15.1. The maximum absolute atomic E-state index is 12.8. The van der Waals surface area contributed by atoms with Crippen molar-refractivity contribution in [3.63, 3.8) is 0 Å². The lowest BCUT2D eigenvalue weighted by Crippen LogP contribution is -2.45. The Hall–Kier alpha value is -2.88. The summed E-state index contributed by atoms with van der Waals surface area (Å²) in [6.45, 7) is 6.63. The molecular weight excluding hydrogens is 427 g/mol. The summed E-state index contributed by atoms with van der Waals surface area (Å²) in [6.07, 6.45) is 1.87. The van der Waals surface area contributed by atoms with Crippen LogP contribution in [0.4, 0.5) is 13.2 Å². The number of piperidine rings is 1. The van der Waals surface area contributed by atoms with E-state index in [-0.39, 0.29) is 11.3 Å². The number of rotatable bonds is 3. The molecule has 1 N–H and O–H groups in total. The van der Waals surface area contributed by atoms with Crippen LogP contribution in [0.2, 0.25) is 0 Å². The largest absolute Gasteiger partial charge is 0.490 e. The molecule has 0 aromatic carbocycles. The first-order valence-electron chi connectivity index (χ1n) is 10.4. The molecule has 2 aromatic rings. The third kappa shape index (κ3) is 5.87. The van der Waals surface area contributed by atoms with Crippen LogP contribution in [0, 0.1) is 12.3 Å². The third-order valence-electron chi connectivity index (χ3n) is 5.91. The molecule has 0 bridgehead atoms. The number of carbonyl (C=O) groups excluding carboxylic acids is 1. The van der Waals surface area contributed by atoms with Crippen molar-refractivity contribution in [2.75, 3.05) is 26.2 Å². The Labute approximate surface area is 183 Å². The minimum absolute atomic E-state index is 0.116. The van der Waals surface area contributed by atoms with E-state index in [9.17, 15) is 18.0 Å². The molecule has 10 heteroatoms. The van der Waals surface area contributed by atoms with Gasteiger partial charge in [-0.25, -0.2) is 4.79 Å². The van der Waals surface area contributed by atoms with E-state index in [2.05, 4.69) is 16.0 Å². The van der Waals surface area contributed by atoms with E-state index in [4.69, 9.17) is 14.3 Å². The monoisotopic (exact) mass is 453 g/mol. The zero-order valence-electron chi connectivity index (χ0n) is 17.8. The normalized spacial score (nSPS) is 21.3. The molecule has 0 radical (unpaired) electrons. The van der Waals surface area contributed by atoms with Crippen LogP contribution in [-0.2, 0) is 11.3 Å². The molecule has 1 unspecified atom stereocenters. The van der Waals surface area contributed by atoms with E-state index in [0.29, 0.717) is 11.3 Å². The topological polar surface area (TPSA) is 86.9 Å². The molecule has 2 aliphatic heterocycles. The van der Waals surface area contributed by atoms with Crippen molar-refractivity contribution in [1.82, 2.24) is 14.8 Å². The maximum Gasteiger partial charge on any atom is 0.490 e. The van der Waals surface area contributed by atoms with E-state index in [1.54, 1.807) is 12.3 Å².